The van der Waals surface area contributed by atoms with Gasteiger partial charge in [0.1, 0.15) is 11.5 Å². The summed E-state index contributed by atoms with van der Waals surface area (Å²) in [6, 6.07) is 8.82. The zero-order valence-corrected chi connectivity index (χ0v) is 17.7. The maximum absolute atomic E-state index is 14.4. The fourth-order valence-corrected chi connectivity index (χ4v) is 3.00. The number of carbonyl (C=O) groups excluding carboxylic acids is 1. The van der Waals surface area contributed by atoms with Gasteiger partial charge < -0.3 is 5.32 Å². The number of hydrogen-bond donors (Lipinski definition) is 1. The van der Waals surface area contributed by atoms with E-state index in [1.54, 1.807) is 13.8 Å². The van der Waals surface area contributed by atoms with Gasteiger partial charge in [-0.15, -0.1) is 0 Å². The number of hydrogen-bond acceptors (Lipinski definition) is 4. The summed E-state index contributed by atoms with van der Waals surface area (Å²) in [6.45, 7) is 2.90. The molecule has 3 aromatic rings. The second-order valence-corrected chi connectivity index (χ2v) is 7.37. The van der Waals surface area contributed by atoms with Crippen molar-refractivity contribution < 1.29 is 22.4 Å². The van der Waals surface area contributed by atoms with Crippen molar-refractivity contribution in [3.63, 3.8) is 0 Å². The molecule has 0 radical (unpaired) electrons. The second kappa shape index (κ2) is 9.39. The molecule has 0 aliphatic carbocycles. The Labute approximate surface area is 185 Å². The molecule has 0 saturated carbocycles. The molecule has 1 N–H and O–H groups in total. The van der Waals surface area contributed by atoms with Crippen molar-refractivity contribution in [1.82, 2.24) is 19.7 Å². The summed E-state index contributed by atoms with van der Waals surface area (Å²) < 4.78 is 54.7. The van der Waals surface area contributed by atoms with Crippen LogP contribution >= 0.6 is 0 Å². The van der Waals surface area contributed by atoms with Crippen LogP contribution in [0.15, 0.2) is 58.1 Å². The van der Waals surface area contributed by atoms with Crippen molar-refractivity contribution in [2.45, 2.75) is 39.0 Å². The Bertz CT molecular complexity index is 1300. The number of alkyl halides is 3. The quantitative estimate of drug-likeness (QED) is 0.568. The zero-order valence-electron chi connectivity index (χ0n) is 17.7. The molecule has 2 aromatic carbocycles. The number of nitrogens with one attached hydrogen (secondary N) is 1. The molecule has 33 heavy (non-hydrogen) atoms. The van der Waals surface area contributed by atoms with Crippen molar-refractivity contribution >= 4 is 5.91 Å². The van der Waals surface area contributed by atoms with Gasteiger partial charge >= 0.3 is 11.9 Å². The van der Waals surface area contributed by atoms with Gasteiger partial charge in [0.2, 0.25) is 5.69 Å². The largest absolute Gasteiger partial charge is 0.416 e. The first-order valence-corrected chi connectivity index (χ1v) is 9.99. The van der Waals surface area contributed by atoms with Crippen molar-refractivity contribution in [3.05, 3.63) is 92.0 Å². The molecule has 0 fully saturated rings. The van der Waals surface area contributed by atoms with Gasteiger partial charge in [0, 0.05) is 6.04 Å². The first-order valence-electron chi connectivity index (χ1n) is 9.99. The molecule has 1 aromatic heterocycles. The van der Waals surface area contributed by atoms with Crippen molar-refractivity contribution in [2.24, 2.45) is 0 Å². The smallest absolute Gasteiger partial charge is 0.348 e. The van der Waals surface area contributed by atoms with Crippen LogP contribution in [-0.2, 0) is 12.7 Å². The van der Waals surface area contributed by atoms with Gasteiger partial charge in [0.25, 0.3) is 11.5 Å². The summed E-state index contributed by atoms with van der Waals surface area (Å²) in [5.74, 6) is -1.73. The van der Waals surface area contributed by atoms with Crippen LogP contribution in [-0.4, -0.2) is 26.3 Å². The number of amides is 1. The molecule has 1 amide bonds. The predicted octanol–water partition coefficient (Wildman–Crippen LogP) is 3.13. The minimum Gasteiger partial charge on any atom is -0.348 e. The number of carbonyl (C=O) groups is 1. The molecule has 1 atom stereocenters. The van der Waals surface area contributed by atoms with Crippen molar-refractivity contribution in [2.75, 3.05) is 0 Å². The minimum atomic E-state index is -4.63. The number of nitrogens with zero attached hydrogens (tertiary/aromatic N) is 3. The Morgan fingerprint density at radius 3 is 2.45 bits per heavy atom. The van der Waals surface area contributed by atoms with E-state index in [2.05, 4.69) is 10.4 Å². The number of aromatic nitrogens is 3. The second-order valence-electron chi connectivity index (χ2n) is 7.37. The number of benzene rings is 2. The van der Waals surface area contributed by atoms with Gasteiger partial charge in [-0.25, -0.2) is 9.18 Å². The third kappa shape index (κ3) is 5.18. The highest BCUT2D eigenvalue weighted by Gasteiger charge is 2.30. The van der Waals surface area contributed by atoms with Crippen LogP contribution in [0.2, 0.25) is 0 Å². The number of halogens is 4. The fourth-order valence-electron chi connectivity index (χ4n) is 3.00. The van der Waals surface area contributed by atoms with Gasteiger partial charge in [0.05, 0.1) is 12.1 Å². The predicted molar refractivity (Wildman–Crippen MR) is 112 cm³/mol. The zero-order chi connectivity index (χ0) is 24.3. The number of rotatable bonds is 6. The SMILES string of the molecule is CCC(C)NC(=O)c1nn(-c2ccccc2F)c(=O)n(Cc2cccc(C(F)(F)F)c2)c1=O. The lowest BCUT2D eigenvalue weighted by Gasteiger charge is -2.15. The lowest BCUT2D eigenvalue weighted by Crippen LogP contribution is -2.47. The van der Waals surface area contributed by atoms with Crippen LogP contribution in [0.1, 0.15) is 41.9 Å². The van der Waals surface area contributed by atoms with E-state index >= 15 is 0 Å². The van der Waals surface area contributed by atoms with Gasteiger partial charge in [-0.05, 0) is 43.2 Å². The van der Waals surface area contributed by atoms with Crippen LogP contribution < -0.4 is 16.6 Å². The van der Waals surface area contributed by atoms with Crippen LogP contribution in [0.3, 0.4) is 0 Å². The van der Waals surface area contributed by atoms with E-state index in [1.165, 1.54) is 24.3 Å². The summed E-state index contributed by atoms with van der Waals surface area (Å²) >= 11 is 0. The third-order valence-corrected chi connectivity index (χ3v) is 4.94. The Morgan fingerprint density at radius 2 is 1.82 bits per heavy atom. The highest BCUT2D eigenvalue weighted by Crippen LogP contribution is 2.29. The Kier molecular flexibility index (Phi) is 6.80. The molecule has 3 rings (SSSR count). The molecule has 1 heterocycles. The topological polar surface area (TPSA) is 86.0 Å². The van der Waals surface area contributed by atoms with Crippen LogP contribution in [0.5, 0.6) is 0 Å². The van der Waals surface area contributed by atoms with E-state index in [4.69, 9.17) is 0 Å². The molecule has 7 nitrogen and oxygen atoms in total. The third-order valence-electron chi connectivity index (χ3n) is 4.94. The molecule has 0 spiro atoms. The summed E-state index contributed by atoms with van der Waals surface area (Å²) in [7, 11) is 0. The first-order chi connectivity index (χ1) is 15.5. The summed E-state index contributed by atoms with van der Waals surface area (Å²) in [6.07, 6.45) is -4.09. The standard InChI is InChI=1S/C22H20F4N4O3/c1-3-13(2)27-19(31)18-20(32)29(12-14-7-6-8-15(11-14)22(24,25)26)21(33)30(28-18)17-10-5-4-9-16(17)23/h4-11,13H,3,12H2,1-2H3,(H,27,31). The Hall–Kier alpha value is -3.76. The molecular formula is C22H20F4N4O3. The Balaban J connectivity index is 2.21. The lowest BCUT2D eigenvalue weighted by molar-refractivity contribution is -0.137. The molecule has 174 valence electrons. The molecule has 1 unspecified atom stereocenters. The van der Waals surface area contributed by atoms with E-state index in [9.17, 15) is 31.9 Å². The normalized spacial score (nSPS) is 12.4. The minimum absolute atomic E-state index is 0.0106. The molecular weight excluding hydrogens is 444 g/mol. The number of para-hydroxylation sites is 1. The summed E-state index contributed by atoms with van der Waals surface area (Å²) in [4.78, 5) is 38.7. The highest BCUT2D eigenvalue weighted by atomic mass is 19.4. The molecule has 11 heteroatoms. The van der Waals surface area contributed by atoms with E-state index < -0.39 is 47.0 Å². The average Bonchev–Trinajstić information content (AvgIpc) is 2.77. The van der Waals surface area contributed by atoms with Gasteiger partial charge in [-0.1, -0.05) is 31.2 Å². The van der Waals surface area contributed by atoms with E-state index in [-0.39, 0.29) is 17.3 Å². The monoisotopic (exact) mass is 464 g/mol. The summed E-state index contributed by atoms with van der Waals surface area (Å²) in [5, 5.41) is 6.33. The van der Waals surface area contributed by atoms with Gasteiger partial charge in [-0.2, -0.15) is 23.0 Å². The van der Waals surface area contributed by atoms with Crippen LogP contribution in [0.25, 0.3) is 5.69 Å². The van der Waals surface area contributed by atoms with Gasteiger partial charge in [-0.3, -0.25) is 14.2 Å². The molecule has 0 aliphatic heterocycles. The van der Waals surface area contributed by atoms with E-state index in [0.717, 1.165) is 24.3 Å². The van der Waals surface area contributed by atoms with Crippen LogP contribution in [0.4, 0.5) is 17.6 Å². The van der Waals surface area contributed by atoms with Gasteiger partial charge in [0.15, 0.2) is 0 Å². The highest BCUT2D eigenvalue weighted by molar-refractivity contribution is 5.91. The first kappa shape index (κ1) is 23.9. The van der Waals surface area contributed by atoms with Crippen molar-refractivity contribution in [3.8, 4) is 5.69 Å². The maximum Gasteiger partial charge on any atom is 0.416 e. The molecule has 0 aliphatic rings. The van der Waals surface area contributed by atoms with Crippen LogP contribution in [0, 0.1) is 5.82 Å². The lowest BCUT2D eigenvalue weighted by atomic mass is 10.1. The van der Waals surface area contributed by atoms with E-state index in [1.807, 2.05) is 0 Å². The van der Waals surface area contributed by atoms with Crippen molar-refractivity contribution in [1.29, 1.82) is 0 Å². The summed E-state index contributed by atoms with van der Waals surface area (Å²) in [5.41, 5.74) is -4.20. The molecule has 0 saturated heterocycles. The average molecular weight is 464 g/mol. The van der Waals surface area contributed by atoms with E-state index in [0.29, 0.717) is 15.7 Å². The Morgan fingerprint density at radius 1 is 1.12 bits per heavy atom. The maximum atomic E-state index is 14.4. The molecule has 0 bridgehead atoms. The fraction of sp³-hybridized carbons (Fsp3) is 0.273.